The second-order valence-corrected chi connectivity index (χ2v) is 6.19. The van der Waals surface area contributed by atoms with Crippen molar-refractivity contribution in [2.45, 2.75) is 38.2 Å². The maximum atomic E-state index is 12.2. The average molecular weight is 323 g/mol. The number of halogens is 1. The van der Waals surface area contributed by atoms with Gasteiger partial charge in [0, 0.05) is 4.47 Å². The molecule has 0 amide bonds. The minimum Gasteiger partial charge on any atom is -0.507 e. The van der Waals surface area contributed by atoms with Crippen LogP contribution in [0.1, 0.15) is 36.8 Å². The minimum absolute atomic E-state index is 0.121. The number of aryl methyl sites for hydroxylation is 1. The Labute approximate surface area is 120 Å². The first-order valence-electron chi connectivity index (χ1n) is 6.47. The van der Waals surface area contributed by atoms with Gasteiger partial charge in [0.1, 0.15) is 5.57 Å². The van der Waals surface area contributed by atoms with Crippen LogP contribution < -0.4 is 0 Å². The summed E-state index contributed by atoms with van der Waals surface area (Å²) in [7, 11) is 0. The molecule has 0 radical (unpaired) electrons. The highest BCUT2D eigenvalue weighted by Crippen LogP contribution is 2.47. The van der Waals surface area contributed by atoms with Crippen molar-refractivity contribution >= 4 is 27.5 Å². The molecule has 1 spiro atoms. The molecule has 1 N–H and O–H groups in total. The number of hydrogen-bond donors (Lipinski definition) is 1. The van der Waals surface area contributed by atoms with Gasteiger partial charge in [-0.2, -0.15) is 0 Å². The van der Waals surface area contributed by atoms with Crippen molar-refractivity contribution in [1.82, 2.24) is 0 Å². The normalized spacial score (nSPS) is 21.3. The Balaban J connectivity index is 2.15. The SMILES string of the molecule is Cc1ccc(Br)cc1C1=C(O)C2(CCCC2)OC1=O. The highest BCUT2D eigenvalue weighted by atomic mass is 79.9. The Kier molecular flexibility index (Phi) is 2.93. The molecule has 3 nitrogen and oxygen atoms in total. The maximum Gasteiger partial charge on any atom is 0.343 e. The molecule has 19 heavy (non-hydrogen) atoms. The smallest absolute Gasteiger partial charge is 0.343 e. The molecule has 0 atom stereocenters. The predicted octanol–water partition coefficient (Wildman–Crippen LogP) is 3.90. The van der Waals surface area contributed by atoms with Gasteiger partial charge in [0.15, 0.2) is 11.4 Å². The standard InChI is InChI=1S/C15H15BrO3/c1-9-4-5-10(16)8-11(9)12-13(17)15(19-14(12)18)6-2-3-7-15/h4-5,8,17H,2-3,6-7H2,1H3. The summed E-state index contributed by atoms with van der Waals surface area (Å²) in [5, 5.41) is 10.5. The average Bonchev–Trinajstić information content (AvgIpc) is 2.91. The van der Waals surface area contributed by atoms with Crippen LogP contribution in [0.5, 0.6) is 0 Å². The second-order valence-electron chi connectivity index (χ2n) is 5.27. The van der Waals surface area contributed by atoms with Crippen LogP contribution in [-0.2, 0) is 9.53 Å². The monoisotopic (exact) mass is 322 g/mol. The number of aliphatic hydroxyl groups is 1. The van der Waals surface area contributed by atoms with Crippen LogP contribution in [0.2, 0.25) is 0 Å². The molecule has 1 aromatic carbocycles. The molecule has 0 aromatic heterocycles. The summed E-state index contributed by atoms with van der Waals surface area (Å²) in [4.78, 5) is 12.2. The first-order chi connectivity index (χ1) is 9.03. The summed E-state index contributed by atoms with van der Waals surface area (Å²) in [6, 6.07) is 5.70. The highest BCUT2D eigenvalue weighted by molar-refractivity contribution is 9.10. The topological polar surface area (TPSA) is 46.5 Å². The maximum absolute atomic E-state index is 12.2. The van der Waals surface area contributed by atoms with Crippen LogP contribution in [0.4, 0.5) is 0 Å². The van der Waals surface area contributed by atoms with Crippen LogP contribution in [0.25, 0.3) is 5.57 Å². The van der Waals surface area contributed by atoms with Gasteiger partial charge in [-0.1, -0.05) is 22.0 Å². The van der Waals surface area contributed by atoms with Gasteiger partial charge in [-0.15, -0.1) is 0 Å². The van der Waals surface area contributed by atoms with Gasteiger partial charge in [0.05, 0.1) is 0 Å². The summed E-state index contributed by atoms with van der Waals surface area (Å²) >= 11 is 3.40. The molecule has 0 bridgehead atoms. The molecule has 0 unspecified atom stereocenters. The van der Waals surface area contributed by atoms with Crippen molar-refractivity contribution < 1.29 is 14.6 Å². The van der Waals surface area contributed by atoms with E-state index in [1.54, 1.807) is 0 Å². The zero-order chi connectivity index (χ0) is 13.6. The van der Waals surface area contributed by atoms with Crippen molar-refractivity contribution in [2.75, 3.05) is 0 Å². The van der Waals surface area contributed by atoms with E-state index in [0.717, 1.165) is 41.3 Å². The number of carbonyl (C=O) groups is 1. The molecule has 0 saturated heterocycles. The molecular formula is C15H15BrO3. The van der Waals surface area contributed by atoms with Gasteiger partial charge >= 0.3 is 5.97 Å². The number of hydrogen-bond acceptors (Lipinski definition) is 3. The molecule has 1 aliphatic carbocycles. The number of aliphatic hydroxyl groups excluding tert-OH is 1. The Morgan fingerprint density at radius 2 is 2.00 bits per heavy atom. The zero-order valence-electron chi connectivity index (χ0n) is 10.7. The molecule has 1 aliphatic heterocycles. The second kappa shape index (κ2) is 4.37. The van der Waals surface area contributed by atoms with E-state index in [1.807, 2.05) is 25.1 Å². The molecule has 1 heterocycles. The summed E-state index contributed by atoms with van der Waals surface area (Å²) in [5.41, 5.74) is 1.29. The van der Waals surface area contributed by atoms with Crippen molar-refractivity contribution in [1.29, 1.82) is 0 Å². The molecule has 1 aromatic rings. The van der Waals surface area contributed by atoms with Crippen LogP contribution in [0.15, 0.2) is 28.4 Å². The third kappa shape index (κ3) is 1.89. The lowest BCUT2D eigenvalue weighted by molar-refractivity contribution is -0.146. The first-order valence-corrected chi connectivity index (χ1v) is 7.26. The van der Waals surface area contributed by atoms with Crippen molar-refractivity contribution in [3.8, 4) is 0 Å². The third-order valence-electron chi connectivity index (χ3n) is 4.04. The van der Waals surface area contributed by atoms with Crippen molar-refractivity contribution in [3.63, 3.8) is 0 Å². The number of esters is 1. The van der Waals surface area contributed by atoms with Gasteiger partial charge in [0.2, 0.25) is 0 Å². The van der Waals surface area contributed by atoms with E-state index in [1.165, 1.54) is 0 Å². The van der Waals surface area contributed by atoms with Gasteiger partial charge in [-0.3, -0.25) is 0 Å². The first kappa shape index (κ1) is 12.7. The van der Waals surface area contributed by atoms with Gasteiger partial charge in [-0.05, 0) is 55.9 Å². The summed E-state index contributed by atoms with van der Waals surface area (Å²) in [6.45, 7) is 1.93. The molecule has 2 aliphatic rings. The van der Waals surface area contributed by atoms with Crippen LogP contribution >= 0.6 is 15.9 Å². The van der Waals surface area contributed by atoms with E-state index in [2.05, 4.69) is 15.9 Å². The van der Waals surface area contributed by atoms with Crippen LogP contribution in [0.3, 0.4) is 0 Å². The van der Waals surface area contributed by atoms with E-state index in [4.69, 9.17) is 4.74 Å². The van der Waals surface area contributed by atoms with Gasteiger partial charge in [0.25, 0.3) is 0 Å². The van der Waals surface area contributed by atoms with E-state index in [-0.39, 0.29) is 5.76 Å². The Bertz CT molecular complexity index is 583. The summed E-state index contributed by atoms with van der Waals surface area (Å²) < 4.78 is 6.39. The predicted molar refractivity (Wildman–Crippen MR) is 75.7 cm³/mol. The van der Waals surface area contributed by atoms with Crippen LogP contribution in [-0.4, -0.2) is 16.7 Å². The Hall–Kier alpha value is -1.29. The summed E-state index contributed by atoms with van der Waals surface area (Å²) in [5.74, 6) is -0.281. The molecule has 4 heteroatoms. The quantitative estimate of drug-likeness (QED) is 0.798. The van der Waals surface area contributed by atoms with Crippen molar-refractivity contribution in [2.24, 2.45) is 0 Å². The van der Waals surface area contributed by atoms with Gasteiger partial charge < -0.3 is 9.84 Å². The van der Waals surface area contributed by atoms with E-state index in [9.17, 15) is 9.90 Å². The number of benzene rings is 1. The minimum atomic E-state index is -0.749. The molecule has 1 saturated carbocycles. The zero-order valence-corrected chi connectivity index (χ0v) is 12.3. The lowest BCUT2D eigenvalue weighted by atomic mass is 9.94. The number of rotatable bonds is 1. The summed E-state index contributed by atoms with van der Waals surface area (Å²) in [6.07, 6.45) is 3.42. The van der Waals surface area contributed by atoms with E-state index < -0.39 is 11.6 Å². The molecule has 3 rings (SSSR count). The number of ether oxygens (including phenoxy) is 1. The lowest BCUT2D eigenvalue weighted by Gasteiger charge is -2.21. The third-order valence-corrected chi connectivity index (χ3v) is 4.53. The Morgan fingerprint density at radius 3 is 2.68 bits per heavy atom. The Morgan fingerprint density at radius 1 is 1.32 bits per heavy atom. The molecular weight excluding hydrogens is 308 g/mol. The fourth-order valence-electron chi connectivity index (χ4n) is 2.99. The van der Waals surface area contributed by atoms with Crippen molar-refractivity contribution in [3.05, 3.63) is 39.6 Å². The van der Waals surface area contributed by atoms with E-state index in [0.29, 0.717) is 5.57 Å². The lowest BCUT2D eigenvalue weighted by Crippen LogP contribution is -2.27. The molecule has 1 fully saturated rings. The highest BCUT2D eigenvalue weighted by Gasteiger charge is 2.50. The fourth-order valence-corrected chi connectivity index (χ4v) is 3.35. The van der Waals surface area contributed by atoms with Gasteiger partial charge in [-0.25, -0.2) is 4.79 Å². The largest absolute Gasteiger partial charge is 0.507 e. The number of carbonyl (C=O) groups excluding carboxylic acids is 1. The van der Waals surface area contributed by atoms with Crippen LogP contribution in [0, 0.1) is 6.92 Å². The fraction of sp³-hybridized carbons (Fsp3) is 0.400. The van der Waals surface area contributed by atoms with E-state index >= 15 is 0 Å². The molecule has 100 valence electrons.